The molecule has 0 spiro atoms. The maximum atomic E-state index is 10.8. The first-order chi connectivity index (χ1) is 10.9. The Morgan fingerprint density at radius 2 is 1.86 bits per heavy atom. The minimum atomic E-state index is 0.275. The smallest absolute Gasteiger partial charge is 0.185 e. The molecule has 22 heavy (non-hydrogen) atoms. The van der Waals surface area contributed by atoms with Crippen LogP contribution in [-0.2, 0) is 4.74 Å². The third-order valence-electron chi connectivity index (χ3n) is 3.75. The van der Waals surface area contributed by atoms with E-state index < -0.39 is 0 Å². The molecule has 1 saturated heterocycles. The first-order valence-corrected chi connectivity index (χ1v) is 7.00. The number of furan rings is 1. The number of hydrogen-bond donors (Lipinski definition) is 0. The van der Waals surface area contributed by atoms with Gasteiger partial charge in [0, 0.05) is 18.7 Å². The molecule has 1 aromatic carbocycles. The van der Waals surface area contributed by atoms with Gasteiger partial charge in [0.2, 0.25) is 0 Å². The number of aromatic nitrogens is 2. The van der Waals surface area contributed by atoms with E-state index in [1.54, 1.807) is 12.1 Å². The highest BCUT2D eigenvalue weighted by Gasteiger charge is 2.20. The molecular weight excluding hydrogens is 286 g/mol. The number of benzene rings is 1. The standard InChI is InChI=1S/C15H13N3O4/c19-9-10-1-4-13(21-10)11-2-3-12(15-14(11)16-22-17-15)18-5-7-20-8-6-18/h1-4,9H,5-8H2. The number of carbonyl (C=O) groups is 1. The van der Waals surface area contributed by atoms with Crippen LogP contribution in [0.3, 0.4) is 0 Å². The molecule has 7 nitrogen and oxygen atoms in total. The van der Waals surface area contributed by atoms with Gasteiger partial charge in [0.05, 0.1) is 18.9 Å². The number of hydrogen-bond acceptors (Lipinski definition) is 7. The summed E-state index contributed by atoms with van der Waals surface area (Å²) < 4.78 is 15.8. The first-order valence-electron chi connectivity index (χ1n) is 7.00. The molecule has 0 saturated carbocycles. The van der Waals surface area contributed by atoms with Gasteiger partial charge in [-0.1, -0.05) is 0 Å². The van der Waals surface area contributed by atoms with Crippen molar-refractivity contribution < 1.29 is 18.6 Å². The summed E-state index contributed by atoms with van der Waals surface area (Å²) in [7, 11) is 0. The summed E-state index contributed by atoms with van der Waals surface area (Å²) in [6.07, 6.45) is 0.670. The molecule has 7 heteroatoms. The molecule has 3 aromatic rings. The third kappa shape index (κ3) is 2.06. The summed E-state index contributed by atoms with van der Waals surface area (Å²) in [4.78, 5) is 13.0. The largest absolute Gasteiger partial charge is 0.453 e. The molecule has 1 aliphatic heterocycles. The highest BCUT2D eigenvalue weighted by atomic mass is 16.6. The zero-order valence-electron chi connectivity index (χ0n) is 11.7. The van der Waals surface area contributed by atoms with Crippen molar-refractivity contribution in [3.63, 3.8) is 0 Å². The van der Waals surface area contributed by atoms with E-state index >= 15 is 0 Å². The van der Waals surface area contributed by atoms with E-state index in [2.05, 4.69) is 15.2 Å². The van der Waals surface area contributed by atoms with Gasteiger partial charge in [-0.3, -0.25) is 4.79 Å². The fraction of sp³-hybridized carbons (Fsp3) is 0.267. The predicted molar refractivity (Wildman–Crippen MR) is 77.9 cm³/mol. The number of ether oxygens (including phenoxy) is 1. The quantitative estimate of drug-likeness (QED) is 0.685. The van der Waals surface area contributed by atoms with Crippen LogP contribution in [0.4, 0.5) is 5.69 Å². The molecule has 0 radical (unpaired) electrons. The van der Waals surface area contributed by atoms with E-state index in [0.29, 0.717) is 36.3 Å². The van der Waals surface area contributed by atoms with Crippen LogP contribution in [0.15, 0.2) is 33.3 Å². The molecule has 0 aliphatic carbocycles. The van der Waals surface area contributed by atoms with Crippen LogP contribution in [0.2, 0.25) is 0 Å². The van der Waals surface area contributed by atoms with Crippen molar-refractivity contribution in [1.82, 2.24) is 10.3 Å². The number of rotatable bonds is 3. The lowest BCUT2D eigenvalue weighted by atomic mass is 10.1. The van der Waals surface area contributed by atoms with E-state index in [9.17, 15) is 4.79 Å². The van der Waals surface area contributed by atoms with Gasteiger partial charge in [0.15, 0.2) is 17.6 Å². The van der Waals surface area contributed by atoms with Crippen LogP contribution in [0.1, 0.15) is 10.6 Å². The zero-order chi connectivity index (χ0) is 14.9. The van der Waals surface area contributed by atoms with Crippen molar-refractivity contribution in [2.75, 3.05) is 31.2 Å². The summed E-state index contributed by atoms with van der Waals surface area (Å²) in [5.41, 5.74) is 3.02. The van der Waals surface area contributed by atoms with E-state index in [4.69, 9.17) is 13.8 Å². The summed E-state index contributed by atoms with van der Waals surface area (Å²) in [5, 5.41) is 8.02. The van der Waals surface area contributed by atoms with E-state index in [1.165, 1.54) is 0 Å². The molecular formula is C15H13N3O4. The molecule has 4 rings (SSSR count). The first kappa shape index (κ1) is 13.0. The van der Waals surface area contributed by atoms with Gasteiger partial charge in [-0.05, 0) is 34.6 Å². The van der Waals surface area contributed by atoms with Gasteiger partial charge in [0.25, 0.3) is 0 Å². The number of aldehydes is 1. The SMILES string of the molecule is O=Cc1ccc(-c2ccc(N3CCOCC3)c3nonc23)o1. The molecule has 0 bridgehead atoms. The zero-order valence-corrected chi connectivity index (χ0v) is 11.7. The van der Waals surface area contributed by atoms with E-state index in [0.717, 1.165) is 24.3 Å². The van der Waals surface area contributed by atoms with Crippen LogP contribution in [0.5, 0.6) is 0 Å². The Morgan fingerprint density at radius 3 is 2.64 bits per heavy atom. The van der Waals surface area contributed by atoms with Crippen molar-refractivity contribution in [3.05, 3.63) is 30.0 Å². The van der Waals surface area contributed by atoms with Gasteiger partial charge in [0.1, 0.15) is 11.3 Å². The highest BCUT2D eigenvalue weighted by molar-refractivity contribution is 5.97. The Hall–Kier alpha value is -2.67. The Kier molecular flexibility index (Phi) is 3.12. The number of morpholine rings is 1. The second-order valence-corrected chi connectivity index (χ2v) is 5.01. The van der Waals surface area contributed by atoms with Crippen molar-refractivity contribution >= 4 is 23.0 Å². The van der Waals surface area contributed by atoms with Gasteiger partial charge < -0.3 is 14.1 Å². The van der Waals surface area contributed by atoms with E-state index in [-0.39, 0.29) is 5.76 Å². The molecule has 1 aliphatic rings. The normalized spacial score (nSPS) is 15.4. The Labute approximate surface area is 125 Å². The summed E-state index contributed by atoms with van der Waals surface area (Å²) >= 11 is 0. The fourth-order valence-electron chi connectivity index (χ4n) is 2.67. The minimum absolute atomic E-state index is 0.275. The molecule has 0 N–H and O–H groups in total. The monoisotopic (exact) mass is 299 g/mol. The van der Waals surface area contributed by atoms with Gasteiger partial charge >= 0.3 is 0 Å². The molecule has 0 amide bonds. The second-order valence-electron chi connectivity index (χ2n) is 5.01. The van der Waals surface area contributed by atoms with Crippen LogP contribution >= 0.6 is 0 Å². The minimum Gasteiger partial charge on any atom is -0.453 e. The van der Waals surface area contributed by atoms with Crippen molar-refractivity contribution in [3.8, 4) is 11.3 Å². The lowest BCUT2D eigenvalue weighted by molar-refractivity contribution is 0.110. The highest BCUT2D eigenvalue weighted by Crippen LogP contribution is 2.33. The van der Waals surface area contributed by atoms with Crippen LogP contribution in [0, 0.1) is 0 Å². The third-order valence-corrected chi connectivity index (χ3v) is 3.75. The lowest BCUT2D eigenvalue weighted by Gasteiger charge is -2.28. The number of fused-ring (bicyclic) bond motifs is 1. The average Bonchev–Trinajstić information content (AvgIpc) is 3.24. The number of carbonyl (C=O) groups excluding carboxylic acids is 1. The molecule has 3 heterocycles. The Morgan fingerprint density at radius 1 is 1.05 bits per heavy atom. The predicted octanol–water partition coefficient (Wildman–Crippen LogP) is 2.13. The maximum absolute atomic E-state index is 10.8. The van der Waals surface area contributed by atoms with Crippen molar-refractivity contribution in [2.45, 2.75) is 0 Å². The van der Waals surface area contributed by atoms with Gasteiger partial charge in [-0.25, -0.2) is 4.63 Å². The molecule has 112 valence electrons. The fourth-order valence-corrected chi connectivity index (χ4v) is 2.67. The number of nitrogens with zero attached hydrogens (tertiary/aromatic N) is 3. The van der Waals surface area contributed by atoms with Crippen molar-refractivity contribution in [1.29, 1.82) is 0 Å². The summed E-state index contributed by atoms with van der Waals surface area (Å²) in [6.45, 7) is 2.99. The molecule has 2 aromatic heterocycles. The molecule has 0 atom stereocenters. The van der Waals surface area contributed by atoms with Gasteiger partial charge in [-0.15, -0.1) is 0 Å². The molecule has 0 unspecified atom stereocenters. The van der Waals surface area contributed by atoms with Crippen LogP contribution in [0.25, 0.3) is 22.4 Å². The number of anilines is 1. The Bertz CT molecular complexity index is 817. The van der Waals surface area contributed by atoms with E-state index in [1.807, 2.05) is 12.1 Å². The Balaban J connectivity index is 1.81. The molecule has 1 fully saturated rings. The van der Waals surface area contributed by atoms with Crippen LogP contribution in [-0.4, -0.2) is 42.9 Å². The van der Waals surface area contributed by atoms with Gasteiger partial charge in [-0.2, -0.15) is 0 Å². The second kappa shape index (κ2) is 5.27. The van der Waals surface area contributed by atoms with Crippen LogP contribution < -0.4 is 4.90 Å². The maximum Gasteiger partial charge on any atom is 0.185 e. The average molecular weight is 299 g/mol. The lowest BCUT2D eigenvalue weighted by Crippen LogP contribution is -2.36. The summed E-state index contributed by atoms with van der Waals surface area (Å²) in [6, 6.07) is 7.24. The summed E-state index contributed by atoms with van der Waals surface area (Å²) in [5.74, 6) is 0.841. The topological polar surface area (TPSA) is 81.6 Å². The van der Waals surface area contributed by atoms with Crippen molar-refractivity contribution in [2.24, 2.45) is 0 Å².